The van der Waals surface area contributed by atoms with Crippen LogP contribution in [0.1, 0.15) is 43.5 Å². The predicted molar refractivity (Wildman–Crippen MR) is 99.5 cm³/mol. The molecule has 2 aromatic heterocycles. The third-order valence-corrected chi connectivity index (χ3v) is 4.78. The van der Waals surface area contributed by atoms with Gasteiger partial charge in [-0.1, -0.05) is 13.8 Å². The van der Waals surface area contributed by atoms with Gasteiger partial charge in [-0.25, -0.2) is 0 Å². The van der Waals surface area contributed by atoms with E-state index in [0.29, 0.717) is 31.0 Å². The second kappa shape index (κ2) is 7.81. The van der Waals surface area contributed by atoms with Crippen LogP contribution in [0.25, 0.3) is 11.3 Å². The van der Waals surface area contributed by atoms with Crippen molar-refractivity contribution >= 4 is 11.7 Å². The number of carbonyl (C=O) groups is 2. The largest absolute Gasteiger partial charge is 0.338 e. The number of aromatic nitrogens is 3. The van der Waals surface area contributed by atoms with Gasteiger partial charge in [0.2, 0.25) is 0 Å². The molecule has 1 atom stereocenters. The van der Waals surface area contributed by atoms with Crippen molar-refractivity contribution in [3.05, 3.63) is 36.3 Å². The lowest BCUT2D eigenvalue weighted by Crippen LogP contribution is -2.42. The molecule has 6 heteroatoms. The Bertz CT molecular complexity index is 779. The number of hydrogen-bond acceptors (Lipinski definition) is 4. The molecule has 0 saturated carbocycles. The van der Waals surface area contributed by atoms with E-state index in [-0.39, 0.29) is 17.6 Å². The highest BCUT2D eigenvalue weighted by atomic mass is 16.2. The van der Waals surface area contributed by atoms with Crippen molar-refractivity contribution < 1.29 is 9.59 Å². The average molecular weight is 354 g/mol. The number of likely N-dealkylation sites (tertiary alicyclic amines) is 1. The molecule has 1 unspecified atom stereocenters. The first-order valence-corrected chi connectivity index (χ1v) is 9.21. The molecule has 0 aliphatic carbocycles. The fourth-order valence-corrected chi connectivity index (χ4v) is 3.42. The van der Waals surface area contributed by atoms with Gasteiger partial charge in [0.05, 0.1) is 17.5 Å². The summed E-state index contributed by atoms with van der Waals surface area (Å²) < 4.78 is 1.72. The van der Waals surface area contributed by atoms with Crippen LogP contribution in [-0.4, -0.2) is 44.4 Å². The van der Waals surface area contributed by atoms with E-state index in [1.54, 1.807) is 28.0 Å². The second-order valence-electron chi connectivity index (χ2n) is 7.49. The first kappa shape index (κ1) is 18.3. The minimum atomic E-state index is -0.0442. The van der Waals surface area contributed by atoms with Gasteiger partial charge in [0.25, 0.3) is 5.91 Å². The zero-order valence-corrected chi connectivity index (χ0v) is 15.7. The number of piperidine rings is 1. The van der Waals surface area contributed by atoms with Gasteiger partial charge in [0, 0.05) is 50.4 Å². The molecular weight excluding hydrogens is 328 g/mol. The SMILES string of the molecule is CC(C)CC(=O)C1CCCN(C(=O)c2ccc(-c3cnn(C)c3)nc2)C1. The highest BCUT2D eigenvalue weighted by molar-refractivity contribution is 5.94. The molecule has 1 amide bonds. The number of amides is 1. The Labute approximate surface area is 154 Å². The number of carbonyl (C=O) groups excluding carboxylic acids is 2. The van der Waals surface area contributed by atoms with Crippen molar-refractivity contribution in [2.75, 3.05) is 13.1 Å². The molecule has 0 spiro atoms. The fraction of sp³-hybridized carbons (Fsp3) is 0.500. The Morgan fingerprint density at radius 2 is 2.08 bits per heavy atom. The van der Waals surface area contributed by atoms with E-state index < -0.39 is 0 Å². The zero-order chi connectivity index (χ0) is 18.7. The third-order valence-electron chi connectivity index (χ3n) is 4.78. The first-order valence-electron chi connectivity index (χ1n) is 9.21. The molecule has 0 N–H and O–H groups in total. The molecule has 26 heavy (non-hydrogen) atoms. The van der Waals surface area contributed by atoms with Crippen LogP contribution in [-0.2, 0) is 11.8 Å². The van der Waals surface area contributed by atoms with E-state index in [4.69, 9.17) is 0 Å². The molecule has 2 aromatic rings. The van der Waals surface area contributed by atoms with Gasteiger partial charge in [-0.3, -0.25) is 19.3 Å². The van der Waals surface area contributed by atoms with Crippen LogP contribution in [0.3, 0.4) is 0 Å². The normalized spacial score (nSPS) is 17.5. The minimum absolute atomic E-state index is 0.0299. The summed E-state index contributed by atoms with van der Waals surface area (Å²) in [6.45, 7) is 5.33. The number of pyridine rings is 1. The number of aryl methyl sites for hydroxylation is 1. The molecular formula is C20H26N4O2. The minimum Gasteiger partial charge on any atom is -0.338 e. The van der Waals surface area contributed by atoms with E-state index in [2.05, 4.69) is 23.9 Å². The van der Waals surface area contributed by atoms with Gasteiger partial charge >= 0.3 is 0 Å². The Morgan fingerprint density at radius 1 is 1.27 bits per heavy atom. The summed E-state index contributed by atoms with van der Waals surface area (Å²) in [5, 5.41) is 4.14. The lowest BCUT2D eigenvalue weighted by atomic mass is 9.89. The van der Waals surface area contributed by atoms with Crippen LogP contribution >= 0.6 is 0 Å². The third kappa shape index (κ3) is 4.18. The standard InChI is InChI=1S/C20H26N4O2/c1-14(2)9-19(25)16-5-4-8-24(13-16)20(26)15-6-7-18(21-10-15)17-11-22-23(3)12-17/h6-7,10-12,14,16H,4-5,8-9,13H2,1-3H3. The van der Waals surface area contributed by atoms with Crippen molar-refractivity contribution in [1.29, 1.82) is 0 Å². The Balaban J connectivity index is 1.67. The van der Waals surface area contributed by atoms with Gasteiger partial charge < -0.3 is 4.90 Å². The molecule has 6 nitrogen and oxygen atoms in total. The van der Waals surface area contributed by atoms with E-state index in [1.165, 1.54) is 0 Å². The Kier molecular flexibility index (Phi) is 5.49. The van der Waals surface area contributed by atoms with Crippen molar-refractivity contribution in [2.24, 2.45) is 18.9 Å². The Hall–Kier alpha value is -2.50. The van der Waals surface area contributed by atoms with Crippen LogP contribution in [0.15, 0.2) is 30.7 Å². The van der Waals surface area contributed by atoms with Crippen LogP contribution in [0.5, 0.6) is 0 Å². The monoisotopic (exact) mass is 354 g/mol. The number of nitrogens with zero attached hydrogens (tertiary/aromatic N) is 4. The molecule has 1 aliphatic rings. The van der Waals surface area contributed by atoms with Crippen molar-refractivity contribution in [2.45, 2.75) is 33.1 Å². The van der Waals surface area contributed by atoms with E-state index >= 15 is 0 Å². The molecule has 1 aliphatic heterocycles. The lowest BCUT2D eigenvalue weighted by molar-refractivity contribution is -0.124. The van der Waals surface area contributed by atoms with Gasteiger partial charge in [0.15, 0.2) is 0 Å². The summed E-state index contributed by atoms with van der Waals surface area (Å²) in [4.78, 5) is 31.4. The van der Waals surface area contributed by atoms with Crippen molar-refractivity contribution in [3.63, 3.8) is 0 Å². The molecule has 1 saturated heterocycles. The van der Waals surface area contributed by atoms with Gasteiger partial charge in [-0.05, 0) is 30.9 Å². The zero-order valence-electron chi connectivity index (χ0n) is 15.7. The van der Waals surface area contributed by atoms with E-state index in [0.717, 1.165) is 24.1 Å². The maximum absolute atomic E-state index is 12.8. The average Bonchev–Trinajstić information content (AvgIpc) is 3.07. The van der Waals surface area contributed by atoms with Gasteiger partial charge in [-0.15, -0.1) is 0 Å². The molecule has 3 heterocycles. The molecule has 0 aromatic carbocycles. The van der Waals surface area contributed by atoms with Crippen molar-refractivity contribution in [3.8, 4) is 11.3 Å². The molecule has 1 fully saturated rings. The van der Waals surface area contributed by atoms with Crippen LogP contribution in [0.4, 0.5) is 0 Å². The van der Waals surface area contributed by atoms with Gasteiger partial charge in [0.1, 0.15) is 5.78 Å². The first-order chi connectivity index (χ1) is 12.4. The summed E-state index contributed by atoms with van der Waals surface area (Å²) in [5.74, 6) is 0.565. The molecule has 138 valence electrons. The molecule has 0 bridgehead atoms. The lowest BCUT2D eigenvalue weighted by Gasteiger charge is -2.32. The quantitative estimate of drug-likeness (QED) is 0.828. The second-order valence-corrected chi connectivity index (χ2v) is 7.49. The van der Waals surface area contributed by atoms with Crippen LogP contribution < -0.4 is 0 Å². The van der Waals surface area contributed by atoms with E-state index in [9.17, 15) is 9.59 Å². The predicted octanol–water partition coefficient (Wildman–Crippen LogP) is 2.95. The molecule has 3 rings (SSSR count). The number of hydrogen-bond donors (Lipinski definition) is 0. The van der Waals surface area contributed by atoms with Crippen LogP contribution in [0.2, 0.25) is 0 Å². The highest BCUT2D eigenvalue weighted by Crippen LogP contribution is 2.22. The highest BCUT2D eigenvalue weighted by Gasteiger charge is 2.29. The van der Waals surface area contributed by atoms with E-state index in [1.807, 2.05) is 19.3 Å². The topological polar surface area (TPSA) is 68.1 Å². The Morgan fingerprint density at radius 3 is 2.69 bits per heavy atom. The number of ketones is 1. The van der Waals surface area contributed by atoms with Gasteiger partial charge in [-0.2, -0.15) is 5.10 Å². The summed E-state index contributed by atoms with van der Waals surface area (Å²) in [7, 11) is 1.86. The maximum Gasteiger partial charge on any atom is 0.255 e. The van der Waals surface area contributed by atoms with Crippen molar-refractivity contribution in [1.82, 2.24) is 19.7 Å². The fourth-order valence-electron chi connectivity index (χ4n) is 3.42. The summed E-state index contributed by atoms with van der Waals surface area (Å²) in [6.07, 6.45) is 7.60. The smallest absolute Gasteiger partial charge is 0.255 e. The summed E-state index contributed by atoms with van der Waals surface area (Å²) in [5.41, 5.74) is 2.27. The summed E-state index contributed by atoms with van der Waals surface area (Å²) >= 11 is 0. The number of Topliss-reactive ketones (excluding diaryl/α,β-unsaturated/α-hetero) is 1. The summed E-state index contributed by atoms with van der Waals surface area (Å²) in [6, 6.07) is 3.65. The number of rotatable bonds is 5. The maximum atomic E-state index is 12.8. The van der Waals surface area contributed by atoms with Crippen LogP contribution in [0, 0.1) is 11.8 Å². The molecule has 0 radical (unpaired) electrons.